The largest absolute Gasteiger partial charge is 0.416 e. The Balaban J connectivity index is 1.58. The van der Waals surface area contributed by atoms with E-state index in [-0.39, 0.29) is 5.91 Å². The summed E-state index contributed by atoms with van der Waals surface area (Å²) in [6.07, 6.45) is 1.84. The van der Waals surface area contributed by atoms with Crippen LogP contribution in [0.25, 0.3) is 0 Å². The van der Waals surface area contributed by atoms with Gasteiger partial charge in [-0.15, -0.1) is 0 Å². The Labute approximate surface area is 158 Å². The van der Waals surface area contributed by atoms with Crippen molar-refractivity contribution >= 4 is 5.91 Å². The molecule has 1 aromatic carbocycles. The van der Waals surface area contributed by atoms with Crippen molar-refractivity contribution in [1.82, 2.24) is 10.2 Å². The predicted octanol–water partition coefficient (Wildman–Crippen LogP) is 4.12. The van der Waals surface area contributed by atoms with Gasteiger partial charge in [0.2, 0.25) is 5.91 Å². The quantitative estimate of drug-likeness (QED) is 0.837. The average Bonchev–Trinajstić information content (AvgIpc) is 3.32. The Morgan fingerprint density at radius 2 is 1.74 bits per heavy atom. The third-order valence-corrected chi connectivity index (χ3v) is 7.05. The molecule has 1 spiro atoms. The zero-order valence-electron chi connectivity index (χ0n) is 15.6. The van der Waals surface area contributed by atoms with E-state index < -0.39 is 17.2 Å². The molecule has 2 heterocycles. The number of likely N-dealkylation sites (tertiary alicyclic amines) is 1. The highest BCUT2D eigenvalue weighted by Gasteiger charge is 2.48. The van der Waals surface area contributed by atoms with E-state index in [1.54, 1.807) is 6.07 Å². The molecule has 2 saturated heterocycles. The van der Waals surface area contributed by atoms with E-state index in [9.17, 15) is 18.0 Å². The van der Waals surface area contributed by atoms with Crippen LogP contribution in [-0.4, -0.2) is 37.0 Å². The second-order valence-corrected chi connectivity index (χ2v) is 8.59. The lowest BCUT2D eigenvalue weighted by atomic mass is 9.74. The number of nitrogens with zero attached hydrogens (tertiary/aromatic N) is 1. The number of amides is 1. The second kappa shape index (κ2) is 6.80. The number of nitrogens with one attached hydrogen (secondary N) is 1. The summed E-state index contributed by atoms with van der Waals surface area (Å²) in [6, 6.07) is 5.45. The van der Waals surface area contributed by atoms with Gasteiger partial charge in [0, 0.05) is 19.6 Å². The van der Waals surface area contributed by atoms with Gasteiger partial charge in [-0.25, -0.2) is 0 Å². The first kappa shape index (κ1) is 18.8. The first-order chi connectivity index (χ1) is 12.8. The summed E-state index contributed by atoms with van der Waals surface area (Å²) < 4.78 is 39.6. The van der Waals surface area contributed by atoms with Crippen LogP contribution in [0.5, 0.6) is 0 Å². The van der Waals surface area contributed by atoms with Crippen LogP contribution in [0.2, 0.25) is 0 Å². The van der Waals surface area contributed by atoms with Crippen molar-refractivity contribution in [2.24, 2.45) is 5.41 Å². The zero-order chi connectivity index (χ0) is 19.1. The van der Waals surface area contributed by atoms with Crippen molar-refractivity contribution in [1.29, 1.82) is 0 Å². The third kappa shape index (κ3) is 3.37. The van der Waals surface area contributed by atoms with Crippen LogP contribution in [0.15, 0.2) is 24.3 Å². The minimum absolute atomic E-state index is 0.0418. The first-order valence-electron chi connectivity index (χ1n) is 10.0. The third-order valence-electron chi connectivity index (χ3n) is 7.05. The van der Waals surface area contributed by atoms with E-state index in [0.717, 1.165) is 64.3 Å². The molecular formula is C21H27F3N2O. The summed E-state index contributed by atoms with van der Waals surface area (Å²) in [4.78, 5) is 15.4. The van der Waals surface area contributed by atoms with E-state index in [1.807, 2.05) is 4.90 Å². The number of carbonyl (C=O) groups is 1. The van der Waals surface area contributed by atoms with Gasteiger partial charge in [-0.05, 0) is 55.7 Å². The summed E-state index contributed by atoms with van der Waals surface area (Å²) in [5.74, 6) is 0.0418. The van der Waals surface area contributed by atoms with Crippen molar-refractivity contribution in [2.75, 3.05) is 26.2 Å². The van der Waals surface area contributed by atoms with Gasteiger partial charge in [-0.2, -0.15) is 13.2 Å². The fourth-order valence-corrected chi connectivity index (χ4v) is 5.31. The number of rotatable bonds is 2. The van der Waals surface area contributed by atoms with Crippen LogP contribution in [0.3, 0.4) is 0 Å². The van der Waals surface area contributed by atoms with Crippen molar-refractivity contribution in [2.45, 2.75) is 56.5 Å². The molecule has 3 aliphatic rings. The highest BCUT2D eigenvalue weighted by molar-refractivity contribution is 5.89. The molecule has 3 nitrogen and oxygen atoms in total. The minimum Gasteiger partial charge on any atom is -0.342 e. The summed E-state index contributed by atoms with van der Waals surface area (Å²) in [7, 11) is 0. The highest BCUT2D eigenvalue weighted by atomic mass is 19.4. The van der Waals surface area contributed by atoms with Crippen molar-refractivity contribution in [3.63, 3.8) is 0 Å². The van der Waals surface area contributed by atoms with Gasteiger partial charge in [-0.3, -0.25) is 4.79 Å². The molecule has 1 saturated carbocycles. The van der Waals surface area contributed by atoms with E-state index in [1.165, 1.54) is 12.1 Å². The lowest BCUT2D eigenvalue weighted by Crippen LogP contribution is -2.51. The number of alkyl halides is 3. The van der Waals surface area contributed by atoms with Crippen LogP contribution in [0, 0.1) is 5.41 Å². The summed E-state index contributed by atoms with van der Waals surface area (Å²) in [5.41, 5.74) is -0.577. The molecule has 148 valence electrons. The Bertz CT molecular complexity index is 694. The van der Waals surface area contributed by atoms with Crippen molar-refractivity contribution in [3.05, 3.63) is 35.4 Å². The van der Waals surface area contributed by atoms with Gasteiger partial charge in [0.25, 0.3) is 0 Å². The predicted molar refractivity (Wildman–Crippen MR) is 97.3 cm³/mol. The number of hydrogen-bond acceptors (Lipinski definition) is 2. The molecule has 0 radical (unpaired) electrons. The monoisotopic (exact) mass is 380 g/mol. The zero-order valence-corrected chi connectivity index (χ0v) is 15.6. The van der Waals surface area contributed by atoms with E-state index in [0.29, 0.717) is 23.8 Å². The number of piperidine rings is 1. The maximum atomic E-state index is 13.5. The van der Waals surface area contributed by atoms with Crippen LogP contribution >= 0.6 is 0 Å². The van der Waals surface area contributed by atoms with Gasteiger partial charge in [0.1, 0.15) is 0 Å². The SMILES string of the molecule is O=C(N1CCC2(CCNC2)CC1)C1(c2cccc(C(F)(F)F)c2)CCCC1. The molecule has 3 fully saturated rings. The van der Waals surface area contributed by atoms with Crippen LogP contribution in [0.1, 0.15) is 56.1 Å². The highest BCUT2D eigenvalue weighted by Crippen LogP contribution is 2.45. The Hall–Kier alpha value is -1.56. The molecule has 0 aromatic heterocycles. The summed E-state index contributed by atoms with van der Waals surface area (Å²) >= 11 is 0. The smallest absolute Gasteiger partial charge is 0.342 e. The normalized spacial score (nSPS) is 24.5. The lowest BCUT2D eigenvalue weighted by molar-refractivity contribution is -0.141. The fourth-order valence-electron chi connectivity index (χ4n) is 5.31. The fraction of sp³-hybridized carbons (Fsp3) is 0.667. The summed E-state index contributed by atoms with van der Waals surface area (Å²) in [6.45, 7) is 3.51. The van der Waals surface area contributed by atoms with Gasteiger partial charge in [0.15, 0.2) is 0 Å². The van der Waals surface area contributed by atoms with Crippen molar-refractivity contribution < 1.29 is 18.0 Å². The topological polar surface area (TPSA) is 32.3 Å². The number of carbonyl (C=O) groups excluding carboxylic acids is 1. The molecule has 0 atom stereocenters. The van der Waals surface area contributed by atoms with Gasteiger partial charge < -0.3 is 10.2 Å². The molecule has 0 bridgehead atoms. The standard InChI is InChI=1S/C21H27F3N2O/c22-21(23,24)17-5-3-4-16(14-17)20(6-1-2-7-20)18(27)26-12-9-19(10-13-26)8-11-25-15-19/h3-5,14,25H,1-2,6-13,15H2. The number of halogens is 3. The first-order valence-corrected chi connectivity index (χ1v) is 10.0. The van der Waals surface area contributed by atoms with Gasteiger partial charge in [-0.1, -0.05) is 31.0 Å². The van der Waals surface area contributed by atoms with E-state index in [2.05, 4.69) is 5.32 Å². The molecule has 1 N–H and O–H groups in total. The van der Waals surface area contributed by atoms with Crippen LogP contribution in [-0.2, 0) is 16.4 Å². The van der Waals surface area contributed by atoms with Crippen molar-refractivity contribution in [3.8, 4) is 0 Å². The number of hydrogen-bond donors (Lipinski definition) is 1. The molecule has 2 aliphatic heterocycles. The second-order valence-electron chi connectivity index (χ2n) is 8.59. The molecule has 1 aromatic rings. The van der Waals surface area contributed by atoms with E-state index in [4.69, 9.17) is 0 Å². The molecule has 1 aliphatic carbocycles. The van der Waals surface area contributed by atoms with Crippen LogP contribution in [0.4, 0.5) is 13.2 Å². The van der Waals surface area contributed by atoms with Crippen LogP contribution < -0.4 is 5.32 Å². The molecule has 1 amide bonds. The molecule has 6 heteroatoms. The molecule has 27 heavy (non-hydrogen) atoms. The number of benzene rings is 1. The molecule has 0 unspecified atom stereocenters. The Morgan fingerprint density at radius 3 is 2.33 bits per heavy atom. The maximum absolute atomic E-state index is 13.5. The van der Waals surface area contributed by atoms with Gasteiger partial charge >= 0.3 is 6.18 Å². The molecule has 4 rings (SSSR count). The Morgan fingerprint density at radius 1 is 1.04 bits per heavy atom. The Kier molecular flexibility index (Phi) is 4.73. The minimum atomic E-state index is -4.38. The maximum Gasteiger partial charge on any atom is 0.416 e. The average molecular weight is 380 g/mol. The van der Waals surface area contributed by atoms with E-state index >= 15 is 0 Å². The molecular weight excluding hydrogens is 353 g/mol. The summed E-state index contributed by atoms with van der Waals surface area (Å²) in [5, 5.41) is 3.43. The lowest BCUT2D eigenvalue weighted by Gasteiger charge is -2.42. The van der Waals surface area contributed by atoms with Gasteiger partial charge in [0.05, 0.1) is 11.0 Å².